The fraction of sp³-hybridized carbons (Fsp3) is 0.286. The van der Waals surface area contributed by atoms with Gasteiger partial charge in [-0.2, -0.15) is 0 Å². The van der Waals surface area contributed by atoms with Crippen molar-refractivity contribution in [3.63, 3.8) is 0 Å². The predicted octanol–water partition coefficient (Wildman–Crippen LogP) is 3.70. The summed E-state index contributed by atoms with van der Waals surface area (Å²) in [5, 5.41) is 9.70. The largest absolute Gasteiger partial charge is 0.478 e. The van der Waals surface area contributed by atoms with Crippen LogP contribution in [0, 0.1) is 0 Å². The molecule has 0 amide bonds. The molecule has 1 saturated heterocycles. The average Bonchev–Trinajstić information content (AvgIpc) is 2.65. The van der Waals surface area contributed by atoms with Crippen LogP contribution in [0.4, 0.5) is 0 Å². The molecule has 1 fully saturated rings. The lowest BCUT2D eigenvalue weighted by Gasteiger charge is -2.38. The molecule has 4 heteroatoms. The highest BCUT2D eigenvalue weighted by atomic mass is 16.5. The van der Waals surface area contributed by atoms with Gasteiger partial charge in [0.05, 0.1) is 0 Å². The third-order valence-corrected chi connectivity index (χ3v) is 4.58. The first-order chi connectivity index (χ1) is 12.2. The first kappa shape index (κ1) is 17.2. The van der Waals surface area contributed by atoms with E-state index in [2.05, 4.69) is 29.2 Å². The van der Waals surface area contributed by atoms with E-state index in [4.69, 9.17) is 4.74 Å². The molecule has 3 rings (SSSR count). The van der Waals surface area contributed by atoms with Gasteiger partial charge in [0, 0.05) is 32.5 Å². The molecule has 2 aromatic rings. The number of carboxylic acids is 1. The summed E-state index contributed by atoms with van der Waals surface area (Å²) in [6, 6.07) is 19.4. The topological polar surface area (TPSA) is 49.8 Å². The van der Waals surface area contributed by atoms with Crippen LogP contribution in [-0.2, 0) is 4.79 Å². The van der Waals surface area contributed by atoms with Gasteiger partial charge in [0.25, 0.3) is 0 Å². The number of hydrogen-bond acceptors (Lipinski definition) is 3. The van der Waals surface area contributed by atoms with E-state index in [9.17, 15) is 9.90 Å². The zero-order valence-electron chi connectivity index (χ0n) is 14.2. The number of aliphatic carboxylic acids is 1. The molecule has 0 aliphatic carbocycles. The fourth-order valence-corrected chi connectivity index (χ4v) is 3.07. The quantitative estimate of drug-likeness (QED) is 0.873. The number of likely N-dealkylation sites (tertiary alicyclic amines) is 1. The molecule has 2 aromatic carbocycles. The van der Waals surface area contributed by atoms with Gasteiger partial charge in [0.2, 0.25) is 5.60 Å². The molecule has 0 unspecified atom stereocenters. The van der Waals surface area contributed by atoms with Gasteiger partial charge < -0.3 is 9.84 Å². The maximum Gasteiger partial charge on any atom is 0.348 e. The Labute approximate surface area is 148 Å². The van der Waals surface area contributed by atoms with Crippen LogP contribution in [0.15, 0.2) is 66.7 Å². The Kier molecular flexibility index (Phi) is 5.51. The Morgan fingerprint density at radius 2 is 1.64 bits per heavy atom. The lowest BCUT2D eigenvalue weighted by Crippen LogP contribution is -2.53. The summed E-state index contributed by atoms with van der Waals surface area (Å²) in [5.41, 5.74) is 0.0490. The maximum atomic E-state index is 11.8. The van der Waals surface area contributed by atoms with Crippen molar-refractivity contribution in [2.24, 2.45) is 0 Å². The summed E-state index contributed by atoms with van der Waals surface area (Å²) in [7, 11) is 0. The molecule has 0 bridgehead atoms. The number of carbonyl (C=O) groups is 1. The van der Waals surface area contributed by atoms with Crippen LogP contribution in [0.2, 0.25) is 0 Å². The molecular weight excluding hydrogens is 314 g/mol. The van der Waals surface area contributed by atoms with Crippen molar-refractivity contribution in [2.45, 2.75) is 18.4 Å². The Morgan fingerprint density at radius 1 is 1.04 bits per heavy atom. The van der Waals surface area contributed by atoms with Crippen LogP contribution < -0.4 is 4.74 Å². The monoisotopic (exact) mass is 337 g/mol. The van der Waals surface area contributed by atoms with E-state index < -0.39 is 11.6 Å². The molecular formula is C21H23NO3. The maximum absolute atomic E-state index is 11.8. The first-order valence-electron chi connectivity index (χ1n) is 8.59. The Morgan fingerprint density at radius 3 is 2.24 bits per heavy atom. The zero-order valence-corrected chi connectivity index (χ0v) is 14.2. The summed E-state index contributed by atoms with van der Waals surface area (Å²) in [6.45, 7) is 2.23. The molecule has 0 atom stereocenters. The van der Waals surface area contributed by atoms with Crippen LogP contribution in [0.5, 0.6) is 5.75 Å². The SMILES string of the molecule is O=C(O)C1(Oc2ccccc2)CCN(C/C=C/c2ccccc2)CC1. The summed E-state index contributed by atoms with van der Waals surface area (Å²) in [4.78, 5) is 14.1. The highest BCUT2D eigenvalue weighted by molar-refractivity contribution is 5.78. The van der Waals surface area contributed by atoms with E-state index in [1.165, 1.54) is 5.56 Å². The number of para-hydroxylation sites is 1. The lowest BCUT2D eigenvalue weighted by molar-refractivity contribution is -0.159. The minimum Gasteiger partial charge on any atom is -0.478 e. The second-order valence-corrected chi connectivity index (χ2v) is 6.33. The van der Waals surface area contributed by atoms with Gasteiger partial charge in [0.1, 0.15) is 5.75 Å². The summed E-state index contributed by atoms with van der Waals surface area (Å²) in [6.07, 6.45) is 5.19. The van der Waals surface area contributed by atoms with Crippen LogP contribution in [-0.4, -0.2) is 41.2 Å². The number of piperidine rings is 1. The van der Waals surface area contributed by atoms with E-state index >= 15 is 0 Å². The molecule has 1 aliphatic rings. The van der Waals surface area contributed by atoms with Gasteiger partial charge in [-0.05, 0) is 17.7 Å². The van der Waals surface area contributed by atoms with Crippen LogP contribution in [0.25, 0.3) is 6.08 Å². The van der Waals surface area contributed by atoms with Gasteiger partial charge in [0.15, 0.2) is 0 Å². The molecule has 0 aromatic heterocycles. The van der Waals surface area contributed by atoms with Crippen LogP contribution in [0.1, 0.15) is 18.4 Å². The summed E-state index contributed by atoms with van der Waals surface area (Å²) >= 11 is 0. The third kappa shape index (κ3) is 4.48. The van der Waals surface area contributed by atoms with E-state index in [0.29, 0.717) is 31.7 Å². The van der Waals surface area contributed by atoms with Gasteiger partial charge in [-0.15, -0.1) is 0 Å². The Balaban J connectivity index is 1.57. The first-order valence-corrected chi connectivity index (χ1v) is 8.59. The average molecular weight is 337 g/mol. The highest BCUT2D eigenvalue weighted by Gasteiger charge is 2.43. The molecule has 25 heavy (non-hydrogen) atoms. The third-order valence-electron chi connectivity index (χ3n) is 4.58. The molecule has 130 valence electrons. The van der Waals surface area contributed by atoms with Gasteiger partial charge in [-0.1, -0.05) is 60.7 Å². The predicted molar refractivity (Wildman–Crippen MR) is 98.6 cm³/mol. The van der Waals surface area contributed by atoms with E-state index in [1.807, 2.05) is 36.4 Å². The smallest absolute Gasteiger partial charge is 0.348 e. The van der Waals surface area contributed by atoms with Crippen molar-refractivity contribution in [1.82, 2.24) is 4.90 Å². The molecule has 4 nitrogen and oxygen atoms in total. The number of hydrogen-bond donors (Lipinski definition) is 1. The fourth-order valence-electron chi connectivity index (χ4n) is 3.07. The van der Waals surface area contributed by atoms with Crippen molar-refractivity contribution in [1.29, 1.82) is 0 Å². The zero-order chi connectivity index (χ0) is 17.5. The number of rotatable bonds is 6. The van der Waals surface area contributed by atoms with Crippen molar-refractivity contribution >= 4 is 12.0 Å². The van der Waals surface area contributed by atoms with Gasteiger partial charge in [-0.3, -0.25) is 4.90 Å². The second kappa shape index (κ2) is 7.99. The second-order valence-electron chi connectivity index (χ2n) is 6.33. The highest BCUT2D eigenvalue weighted by Crippen LogP contribution is 2.29. The summed E-state index contributed by atoms with van der Waals surface area (Å²) < 4.78 is 5.88. The number of nitrogens with zero attached hydrogens (tertiary/aromatic N) is 1. The van der Waals surface area contributed by atoms with E-state index in [0.717, 1.165) is 6.54 Å². The number of benzene rings is 2. The van der Waals surface area contributed by atoms with Crippen molar-refractivity contribution in [2.75, 3.05) is 19.6 Å². The Hall–Kier alpha value is -2.59. The molecule has 0 saturated carbocycles. The van der Waals surface area contributed by atoms with Crippen LogP contribution in [0.3, 0.4) is 0 Å². The van der Waals surface area contributed by atoms with E-state index in [-0.39, 0.29) is 0 Å². The lowest BCUT2D eigenvalue weighted by atomic mass is 9.91. The molecule has 0 spiro atoms. The van der Waals surface area contributed by atoms with E-state index in [1.54, 1.807) is 12.1 Å². The normalized spacial score (nSPS) is 17.4. The standard InChI is InChI=1S/C21H23NO3/c23-20(24)21(25-19-11-5-2-6-12-19)13-16-22(17-14-21)15-7-10-18-8-3-1-4-9-18/h1-12H,13-17H2,(H,23,24)/b10-7+. The molecule has 1 N–H and O–H groups in total. The van der Waals surface area contributed by atoms with Crippen molar-refractivity contribution in [3.05, 3.63) is 72.3 Å². The minimum atomic E-state index is -1.12. The minimum absolute atomic E-state index is 0.483. The number of ether oxygens (including phenoxy) is 1. The summed E-state index contributed by atoms with van der Waals surface area (Å²) in [5.74, 6) is -0.266. The van der Waals surface area contributed by atoms with Gasteiger partial charge >= 0.3 is 5.97 Å². The number of carboxylic acid groups (broad SMARTS) is 1. The molecule has 1 aliphatic heterocycles. The Bertz CT molecular complexity index is 704. The van der Waals surface area contributed by atoms with Crippen molar-refractivity contribution < 1.29 is 14.6 Å². The molecule has 1 heterocycles. The van der Waals surface area contributed by atoms with Gasteiger partial charge in [-0.25, -0.2) is 4.79 Å². The van der Waals surface area contributed by atoms with Crippen LogP contribution >= 0.6 is 0 Å². The molecule has 0 radical (unpaired) electrons. The van der Waals surface area contributed by atoms with Crippen molar-refractivity contribution in [3.8, 4) is 5.75 Å².